The van der Waals surface area contributed by atoms with E-state index >= 15 is 0 Å². The minimum atomic E-state index is -0.293. The van der Waals surface area contributed by atoms with Crippen molar-refractivity contribution in [3.63, 3.8) is 0 Å². The van der Waals surface area contributed by atoms with Crippen molar-refractivity contribution in [1.29, 1.82) is 0 Å². The molecule has 5 heteroatoms. The molecule has 15 heavy (non-hydrogen) atoms. The van der Waals surface area contributed by atoms with Gasteiger partial charge >= 0.3 is 0 Å². The Hall–Kier alpha value is -1.55. The van der Waals surface area contributed by atoms with Crippen LogP contribution in [0.3, 0.4) is 0 Å². The van der Waals surface area contributed by atoms with Crippen LogP contribution in [-0.4, -0.2) is 9.78 Å². The Kier molecular flexibility index (Phi) is 2.36. The summed E-state index contributed by atoms with van der Waals surface area (Å²) in [6.45, 7) is 0. The lowest BCUT2D eigenvalue weighted by Gasteiger charge is -1.96. The Morgan fingerprint density at radius 1 is 1.33 bits per heavy atom. The van der Waals surface area contributed by atoms with Gasteiger partial charge < -0.3 is 5.73 Å². The van der Waals surface area contributed by atoms with E-state index < -0.39 is 0 Å². The van der Waals surface area contributed by atoms with Crippen LogP contribution >= 0.6 is 11.6 Å². The first-order valence-electron chi connectivity index (χ1n) is 4.33. The minimum Gasteiger partial charge on any atom is -0.383 e. The van der Waals surface area contributed by atoms with Crippen LogP contribution in [0.1, 0.15) is 0 Å². The van der Waals surface area contributed by atoms with E-state index in [4.69, 9.17) is 17.3 Å². The molecular formula is C10H9ClFN3. The van der Waals surface area contributed by atoms with Gasteiger partial charge in [-0.3, -0.25) is 4.68 Å². The van der Waals surface area contributed by atoms with Crippen LogP contribution in [0.25, 0.3) is 11.3 Å². The van der Waals surface area contributed by atoms with Gasteiger partial charge in [0, 0.05) is 12.6 Å². The average Bonchev–Trinajstić information content (AvgIpc) is 2.47. The fraction of sp³-hybridized carbons (Fsp3) is 0.100. The van der Waals surface area contributed by atoms with E-state index in [9.17, 15) is 4.39 Å². The molecule has 0 atom stereocenters. The number of hydrogen-bond donors (Lipinski definition) is 1. The van der Waals surface area contributed by atoms with Crippen LogP contribution in [0.5, 0.6) is 0 Å². The van der Waals surface area contributed by atoms with Gasteiger partial charge in [0.15, 0.2) is 0 Å². The Morgan fingerprint density at radius 2 is 1.93 bits per heavy atom. The van der Waals surface area contributed by atoms with Gasteiger partial charge in [-0.05, 0) is 24.3 Å². The average molecular weight is 226 g/mol. The first-order valence-corrected chi connectivity index (χ1v) is 4.71. The van der Waals surface area contributed by atoms with Gasteiger partial charge in [-0.25, -0.2) is 4.39 Å². The molecule has 2 rings (SSSR count). The van der Waals surface area contributed by atoms with Crippen LogP contribution in [-0.2, 0) is 7.05 Å². The SMILES string of the molecule is Cn1nc(-c2ccc(F)cc2)c(Cl)c1N. The van der Waals surface area contributed by atoms with E-state index in [1.165, 1.54) is 16.8 Å². The number of anilines is 1. The molecule has 0 aliphatic carbocycles. The summed E-state index contributed by atoms with van der Waals surface area (Å²) in [6, 6.07) is 5.94. The van der Waals surface area contributed by atoms with Crippen molar-refractivity contribution < 1.29 is 4.39 Å². The van der Waals surface area contributed by atoms with Crippen molar-refractivity contribution in [3.8, 4) is 11.3 Å². The molecule has 0 unspecified atom stereocenters. The first-order chi connectivity index (χ1) is 7.09. The second kappa shape index (κ2) is 3.55. The van der Waals surface area contributed by atoms with Gasteiger partial charge in [0.1, 0.15) is 22.4 Å². The molecule has 1 aromatic carbocycles. The van der Waals surface area contributed by atoms with Crippen LogP contribution in [0.15, 0.2) is 24.3 Å². The highest BCUT2D eigenvalue weighted by atomic mass is 35.5. The molecule has 3 nitrogen and oxygen atoms in total. The van der Waals surface area contributed by atoms with E-state index in [1.807, 2.05) is 0 Å². The molecule has 0 saturated carbocycles. The predicted octanol–water partition coefficient (Wildman–Crippen LogP) is 2.46. The van der Waals surface area contributed by atoms with Crippen molar-refractivity contribution in [2.45, 2.75) is 0 Å². The molecule has 0 aliphatic rings. The van der Waals surface area contributed by atoms with Gasteiger partial charge in [-0.1, -0.05) is 11.6 Å². The number of nitrogens with two attached hydrogens (primary N) is 1. The molecule has 2 aromatic rings. The van der Waals surface area contributed by atoms with Gasteiger partial charge in [0.25, 0.3) is 0 Å². The molecule has 78 valence electrons. The number of benzene rings is 1. The number of halogens is 2. The lowest BCUT2D eigenvalue weighted by atomic mass is 10.1. The zero-order chi connectivity index (χ0) is 11.0. The molecule has 0 amide bonds. The third kappa shape index (κ3) is 1.68. The highest BCUT2D eigenvalue weighted by Crippen LogP contribution is 2.30. The fourth-order valence-corrected chi connectivity index (χ4v) is 1.57. The van der Waals surface area contributed by atoms with E-state index in [-0.39, 0.29) is 5.82 Å². The quantitative estimate of drug-likeness (QED) is 0.810. The molecule has 0 aliphatic heterocycles. The predicted molar refractivity (Wildman–Crippen MR) is 58.0 cm³/mol. The van der Waals surface area contributed by atoms with Crippen molar-refractivity contribution in [2.24, 2.45) is 7.05 Å². The number of rotatable bonds is 1. The number of nitrogens with zero attached hydrogens (tertiary/aromatic N) is 2. The maximum Gasteiger partial charge on any atom is 0.140 e. The molecule has 1 heterocycles. The fourth-order valence-electron chi connectivity index (χ4n) is 1.30. The summed E-state index contributed by atoms with van der Waals surface area (Å²) in [5, 5.41) is 4.54. The number of nitrogen functional groups attached to an aromatic ring is 1. The summed E-state index contributed by atoms with van der Waals surface area (Å²) in [7, 11) is 1.70. The van der Waals surface area contributed by atoms with Crippen molar-refractivity contribution in [2.75, 3.05) is 5.73 Å². The Balaban J connectivity index is 2.54. The molecular weight excluding hydrogens is 217 g/mol. The molecule has 0 spiro atoms. The van der Waals surface area contributed by atoms with Gasteiger partial charge in [-0.2, -0.15) is 5.10 Å². The zero-order valence-electron chi connectivity index (χ0n) is 8.04. The van der Waals surface area contributed by atoms with E-state index in [2.05, 4.69) is 5.10 Å². The topological polar surface area (TPSA) is 43.8 Å². The second-order valence-corrected chi connectivity index (χ2v) is 3.56. The Labute approximate surface area is 91.3 Å². The van der Waals surface area contributed by atoms with Crippen LogP contribution < -0.4 is 5.73 Å². The zero-order valence-corrected chi connectivity index (χ0v) is 8.79. The van der Waals surface area contributed by atoms with Gasteiger partial charge in [0.2, 0.25) is 0 Å². The summed E-state index contributed by atoms with van der Waals surface area (Å²) in [4.78, 5) is 0. The molecule has 0 radical (unpaired) electrons. The van der Waals surface area contributed by atoms with E-state index in [0.717, 1.165) is 5.56 Å². The van der Waals surface area contributed by atoms with Crippen molar-refractivity contribution in [3.05, 3.63) is 35.1 Å². The third-order valence-electron chi connectivity index (χ3n) is 2.15. The molecule has 0 saturated heterocycles. The summed E-state index contributed by atoms with van der Waals surface area (Å²) in [5.41, 5.74) is 6.97. The lowest BCUT2D eigenvalue weighted by Crippen LogP contribution is -1.96. The van der Waals surface area contributed by atoms with Crippen LogP contribution in [0.4, 0.5) is 10.2 Å². The van der Waals surface area contributed by atoms with Gasteiger partial charge in [0.05, 0.1) is 0 Å². The summed E-state index contributed by atoms with van der Waals surface area (Å²) in [5.74, 6) is 0.106. The van der Waals surface area contributed by atoms with Crippen molar-refractivity contribution in [1.82, 2.24) is 9.78 Å². The largest absolute Gasteiger partial charge is 0.383 e. The first kappa shape index (κ1) is 9.98. The highest BCUT2D eigenvalue weighted by Gasteiger charge is 2.12. The smallest absolute Gasteiger partial charge is 0.140 e. The Bertz CT molecular complexity index is 490. The maximum atomic E-state index is 12.7. The molecule has 0 fully saturated rings. The normalized spacial score (nSPS) is 10.6. The standard InChI is InChI=1S/C10H9ClFN3/c1-15-10(13)8(11)9(14-15)6-2-4-7(12)5-3-6/h2-5H,13H2,1H3. The molecule has 0 bridgehead atoms. The third-order valence-corrected chi connectivity index (χ3v) is 2.52. The van der Waals surface area contributed by atoms with Gasteiger partial charge in [-0.15, -0.1) is 0 Å². The summed E-state index contributed by atoms with van der Waals surface area (Å²) in [6.07, 6.45) is 0. The van der Waals surface area contributed by atoms with Crippen LogP contribution in [0, 0.1) is 5.82 Å². The van der Waals surface area contributed by atoms with Crippen LogP contribution in [0.2, 0.25) is 5.02 Å². The minimum absolute atomic E-state index is 0.293. The maximum absolute atomic E-state index is 12.7. The number of hydrogen-bond acceptors (Lipinski definition) is 2. The number of aromatic nitrogens is 2. The van der Waals surface area contributed by atoms with Crippen molar-refractivity contribution >= 4 is 17.4 Å². The molecule has 2 N–H and O–H groups in total. The summed E-state index contributed by atoms with van der Waals surface area (Å²) < 4.78 is 14.2. The van der Waals surface area contributed by atoms with E-state index in [1.54, 1.807) is 19.2 Å². The Morgan fingerprint density at radius 3 is 2.40 bits per heavy atom. The number of aryl methyl sites for hydroxylation is 1. The second-order valence-electron chi connectivity index (χ2n) is 3.18. The highest BCUT2D eigenvalue weighted by molar-refractivity contribution is 6.35. The van der Waals surface area contributed by atoms with E-state index in [0.29, 0.717) is 16.5 Å². The molecule has 1 aromatic heterocycles. The summed E-state index contributed by atoms with van der Waals surface area (Å²) >= 11 is 5.99. The lowest BCUT2D eigenvalue weighted by molar-refractivity contribution is 0.628. The monoisotopic (exact) mass is 225 g/mol.